The van der Waals surface area contributed by atoms with Crippen molar-refractivity contribution >= 4 is 10.0 Å². The summed E-state index contributed by atoms with van der Waals surface area (Å²) < 4.78 is 27.9. The molecule has 0 aliphatic rings. The summed E-state index contributed by atoms with van der Waals surface area (Å²) in [5.74, 6) is 0. The fourth-order valence-corrected chi connectivity index (χ4v) is 2.66. The van der Waals surface area contributed by atoms with Gasteiger partial charge < -0.3 is 10.3 Å². The first-order valence-corrected chi connectivity index (χ1v) is 7.25. The Balaban J connectivity index is 2.03. The van der Waals surface area contributed by atoms with Crippen LogP contribution in [0.4, 0.5) is 0 Å². The zero-order valence-electron chi connectivity index (χ0n) is 10.5. The van der Waals surface area contributed by atoms with Crippen LogP contribution in [0.15, 0.2) is 47.9 Å². The van der Waals surface area contributed by atoms with Gasteiger partial charge in [0.15, 0.2) is 5.03 Å². The maximum Gasteiger partial charge on any atom is 0.259 e. The lowest BCUT2D eigenvalue weighted by molar-refractivity contribution is 0.569. The molecular formula is C12H16N4O2S. The van der Waals surface area contributed by atoms with Crippen molar-refractivity contribution < 1.29 is 8.42 Å². The van der Waals surface area contributed by atoms with E-state index in [1.54, 1.807) is 11.6 Å². The Morgan fingerprint density at radius 1 is 1.37 bits per heavy atom. The van der Waals surface area contributed by atoms with Crippen molar-refractivity contribution in [1.82, 2.24) is 14.3 Å². The van der Waals surface area contributed by atoms with Crippen LogP contribution in [0.2, 0.25) is 0 Å². The van der Waals surface area contributed by atoms with Crippen molar-refractivity contribution in [1.29, 1.82) is 0 Å². The van der Waals surface area contributed by atoms with Crippen LogP contribution < -0.4 is 10.5 Å². The first-order valence-electron chi connectivity index (χ1n) is 5.77. The fraction of sp³-hybridized carbons (Fsp3) is 0.250. The smallest absolute Gasteiger partial charge is 0.259 e. The molecule has 2 rings (SSSR count). The lowest BCUT2D eigenvalue weighted by Gasteiger charge is -2.12. The highest BCUT2D eigenvalue weighted by atomic mass is 32.2. The average molecular weight is 280 g/mol. The second kappa shape index (κ2) is 5.52. The zero-order valence-corrected chi connectivity index (χ0v) is 11.3. The second-order valence-corrected chi connectivity index (χ2v) is 5.96. The molecule has 0 spiro atoms. The Morgan fingerprint density at radius 2 is 2.05 bits per heavy atom. The molecule has 1 aromatic heterocycles. The van der Waals surface area contributed by atoms with Gasteiger partial charge in [0.25, 0.3) is 10.0 Å². The van der Waals surface area contributed by atoms with Crippen LogP contribution in [0.3, 0.4) is 0 Å². The largest absolute Gasteiger partial charge is 0.339 e. The van der Waals surface area contributed by atoms with E-state index in [1.807, 2.05) is 30.3 Å². The van der Waals surface area contributed by atoms with Crippen molar-refractivity contribution in [2.45, 2.75) is 11.1 Å². The minimum atomic E-state index is -3.60. The summed E-state index contributed by atoms with van der Waals surface area (Å²) in [4.78, 5) is 3.81. The molecule has 1 heterocycles. The Kier molecular flexibility index (Phi) is 3.98. The third kappa shape index (κ3) is 3.40. The lowest BCUT2D eigenvalue weighted by atomic mass is 10.1. The van der Waals surface area contributed by atoms with Crippen LogP contribution in [-0.4, -0.2) is 24.5 Å². The van der Waals surface area contributed by atoms with E-state index in [9.17, 15) is 8.42 Å². The van der Waals surface area contributed by atoms with E-state index in [2.05, 4.69) is 9.71 Å². The lowest BCUT2D eigenvalue weighted by Crippen LogP contribution is -2.32. The first-order chi connectivity index (χ1) is 8.99. The monoisotopic (exact) mass is 280 g/mol. The number of sulfonamides is 1. The summed E-state index contributed by atoms with van der Waals surface area (Å²) in [5, 5.41) is -0.00439. The number of benzene rings is 1. The van der Waals surface area contributed by atoms with E-state index in [1.165, 1.54) is 12.5 Å². The zero-order chi connectivity index (χ0) is 13.9. The maximum absolute atomic E-state index is 11.9. The summed E-state index contributed by atoms with van der Waals surface area (Å²) in [6.07, 6.45) is 2.88. The highest BCUT2D eigenvalue weighted by Crippen LogP contribution is 2.10. The Bertz CT molecular complexity index is 637. The molecule has 1 atom stereocenters. The quantitative estimate of drug-likeness (QED) is 0.829. The maximum atomic E-state index is 11.9. The van der Waals surface area contributed by atoms with Gasteiger partial charge in [-0.1, -0.05) is 30.3 Å². The molecule has 0 bridgehead atoms. The van der Waals surface area contributed by atoms with Gasteiger partial charge >= 0.3 is 0 Å². The van der Waals surface area contributed by atoms with Gasteiger partial charge in [0.05, 0.1) is 6.33 Å². The van der Waals surface area contributed by atoms with Crippen LogP contribution in [0.5, 0.6) is 0 Å². The number of imidazole rings is 1. The van der Waals surface area contributed by atoms with Crippen LogP contribution >= 0.6 is 0 Å². The second-order valence-electron chi connectivity index (χ2n) is 4.25. The number of hydrogen-bond donors (Lipinski definition) is 2. The van der Waals surface area contributed by atoms with Crippen LogP contribution in [0, 0.1) is 0 Å². The number of rotatable bonds is 5. The van der Waals surface area contributed by atoms with Crippen LogP contribution in [-0.2, 0) is 17.1 Å². The summed E-state index contributed by atoms with van der Waals surface area (Å²) in [6.45, 7) is 0.128. The molecule has 1 unspecified atom stereocenters. The molecule has 6 nitrogen and oxygen atoms in total. The summed E-state index contributed by atoms with van der Waals surface area (Å²) >= 11 is 0. The summed E-state index contributed by atoms with van der Waals surface area (Å²) in [6, 6.07) is 8.94. The van der Waals surface area contributed by atoms with E-state index in [0.717, 1.165) is 5.56 Å². The predicted octanol–water partition coefficient (Wildman–Crippen LogP) is 0.398. The van der Waals surface area contributed by atoms with E-state index >= 15 is 0 Å². The van der Waals surface area contributed by atoms with Gasteiger partial charge in [-0.05, 0) is 5.56 Å². The van der Waals surface area contributed by atoms with Crippen LogP contribution in [0.25, 0.3) is 0 Å². The van der Waals surface area contributed by atoms with Crippen molar-refractivity contribution in [3.63, 3.8) is 0 Å². The summed E-state index contributed by atoms with van der Waals surface area (Å²) in [5.41, 5.74) is 6.81. The Morgan fingerprint density at radius 3 is 2.63 bits per heavy atom. The van der Waals surface area contributed by atoms with Crippen molar-refractivity contribution in [3.8, 4) is 0 Å². The predicted molar refractivity (Wildman–Crippen MR) is 71.8 cm³/mol. The van der Waals surface area contributed by atoms with Gasteiger partial charge in [-0.2, -0.15) is 0 Å². The summed E-state index contributed by atoms with van der Waals surface area (Å²) in [7, 11) is -1.89. The fourth-order valence-electron chi connectivity index (χ4n) is 1.62. The molecule has 19 heavy (non-hydrogen) atoms. The molecule has 1 aromatic carbocycles. The van der Waals surface area contributed by atoms with Crippen molar-refractivity contribution in [2.24, 2.45) is 12.8 Å². The average Bonchev–Trinajstić information content (AvgIpc) is 2.85. The Labute approximate surface area is 112 Å². The number of aryl methyl sites for hydroxylation is 1. The molecule has 7 heteroatoms. The van der Waals surface area contributed by atoms with E-state index in [-0.39, 0.29) is 17.6 Å². The molecule has 0 fully saturated rings. The third-order valence-corrected chi connectivity index (χ3v) is 3.99. The molecule has 3 N–H and O–H groups in total. The molecular weight excluding hydrogens is 264 g/mol. The van der Waals surface area contributed by atoms with Gasteiger partial charge in [-0.25, -0.2) is 18.1 Å². The van der Waals surface area contributed by atoms with Gasteiger partial charge in [0, 0.05) is 25.8 Å². The molecule has 0 saturated carbocycles. The number of aromatic nitrogens is 2. The Hall–Kier alpha value is -1.70. The number of hydrogen-bond acceptors (Lipinski definition) is 4. The highest BCUT2D eigenvalue weighted by molar-refractivity contribution is 7.89. The normalized spacial score (nSPS) is 13.4. The minimum absolute atomic E-state index is 0.00439. The molecule has 0 aliphatic heterocycles. The van der Waals surface area contributed by atoms with E-state index in [0.29, 0.717) is 0 Å². The standard InChI is InChI=1S/C12H16N4O2S/c1-16-8-12(14-9-16)19(17,18)15-7-11(13)10-5-3-2-4-6-10/h2-6,8-9,11,15H,7,13H2,1H3. The van der Waals surface area contributed by atoms with Crippen molar-refractivity contribution in [2.75, 3.05) is 6.54 Å². The van der Waals surface area contributed by atoms with E-state index < -0.39 is 10.0 Å². The first kappa shape index (κ1) is 13.7. The highest BCUT2D eigenvalue weighted by Gasteiger charge is 2.18. The topological polar surface area (TPSA) is 90.0 Å². The van der Waals surface area contributed by atoms with E-state index in [4.69, 9.17) is 5.73 Å². The number of nitrogens with two attached hydrogens (primary N) is 1. The number of nitrogens with zero attached hydrogens (tertiary/aromatic N) is 2. The molecule has 0 radical (unpaired) electrons. The van der Waals surface area contributed by atoms with Gasteiger partial charge in [0.2, 0.25) is 0 Å². The molecule has 0 saturated heterocycles. The molecule has 102 valence electrons. The number of nitrogens with one attached hydrogen (secondary N) is 1. The molecule has 2 aromatic rings. The van der Waals surface area contributed by atoms with Gasteiger partial charge in [-0.15, -0.1) is 0 Å². The SMILES string of the molecule is Cn1cnc(S(=O)(=O)NCC(N)c2ccccc2)c1. The molecule has 0 aliphatic carbocycles. The molecule has 0 amide bonds. The third-order valence-electron chi connectivity index (χ3n) is 2.68. The van der Waals surface area contributed by atoms with Gasteiger partial charge in [0.1, 0.15) is 0 Å². The van der Waals surface area contributed by atoms with Crippen molar-refractivity contribution in [3.05, 3.63) is 48.4 Å². The minimum Gasteiger partial charge on any atom is -0.339 e. The van der Waals surface area contributed by atoms with Crippen LogP contribution in [0.1, 0.15) is 11.6 Å². The van der Waals surface area contributed by atoms with Gasteiger partial charge in [-0.3, -0.25) is 0 Å².